The summed E-state index contributed by atoms with van der Waals surface area (Å²) in [6, 6.07) is 7.97. The van der Waals surface area contributed by atoms with E-state index in [1.165, 1.54) is 31.2 Å². The van der Waals surface area contributed by atoms with Crippen LogP contribution in [0.4, 0.5) is 13.2 Å². The van der Waals surface area contributed by atoms with E-state index in [0.717, 1.165) is 30.6 Å². The van der Waals surface area contributed by atoms with Gasteiger partial charge in [-0.05, 0) is 30.5 Å². The van der Waals surface area contributed by atoms with Gasteiger partial charge >= 0.3 is 6.18 Å². The average Bonchev–Trinajstić information content (AvgIpc) is 3.16. The highest BCUT2D eigenvalue weighted by Gasteiger charge is 2.38. The first-order chi connectivity index (χ1) is 16.6. The van der Waals surface area contributed by atoms with Crippen LogP contribution in [0.1, 0.15) is 74.7 Å². The van der Waals surface area contributed by atoms with Crippen molar-refractivity contribution in [2.75, 3.05) is 6.54 Å². The fraction of sp³-hybridized carbons (Fsp3) is 0.542. The number of amides is 2. The summed E-state index contributed by atoms with van der Waals surface area (Å²) in [5.74, 6) is -0.453. The van der Waals surface area contributed by atoms with E-state index in [-0.39, 0.29) is 31.2 Å². The highest BCUT2D eigenvalue weighted by atomic mass is 19.4. The smallest absolute Gasteiger partial charge is 0.343 e. The number of aryl methyl sites for hydroxylation is 1. The Morgan fingerprint density at radius 1 is 1.17 bits per heavy atom. The number of halogens is 3. The van der Waals surface area contributed by atoms with Crippen LogP contribution in [0, 0.1) is 11.3 Å². The molecule has 35 heavy (non-hydrogen) atoms. The second-order valence-corrected chi connectivity index (χ2v) is 8.86. The number of carbonyl (C=O) groups excluding carboxylic acids is 2. The monoisotopic (exact) mass is 491 g/mol. The minimum absolute atomic E-state index is 0.0241. The van der Waals surface area contributed by atoms with Gasteiger partial charge in [0.2, 0.25) is 17.7 Å². The van der Waals surface area contributed by atoms with Gasteiger partial charge in [-0.2, -0.15) is 23.4 Å². The Morgan fingerprint density at radius 2 is 1.83 bits per heavy atom. The van der Waals surface area contributed by atoms with Gasteiger partial charge in [-0.25, -0.2) is 0 Å². The molecule has 0 radical (unpaired) electrons. The highest BCUT2D eigenvalue weighted by molar-refractivity contribution is 5.76. The third-order valence-corrected chi connectivity index (χ3v) is 6.00. The van der Waals surface area contributed by atoms with Gasteiger partial charge in [0.1, 0.15) is 12.1 Å². The zero-order chi connectivity index (χ0) is 25.5. The number of aromatic nitrogens is 2. The lowest BCUT2D eigenvalue weighted by Gasteiger charge is -2.30. The van der Waals surface area contributed by atoms with Crippen LogP contribution in [0.2, 0.25) is 0 Å². The number of hydrogen-bond donors (Lipinski definition) is 1. The molecule has 1 heterocycles. The first-order valence-corrected chi connectivity index (χ1v) is 11.6. The van der Waals surface area contributed by atoms with Crippen molar-refractivity contribution < 1.29 is 27.3 Å². The number of nitrogens with zero attached hydrogens (tertiary/aromatic N) is 4. The summed E-state index contributed by atoms with van der Waals surface area (Å²) >= 11 is 0. The van der Waals surface area contributed by atoms with Gasteiger partial charge in [-0.1, -0.05) is 43.0 Å². The molecule has 1 aromatic heterocycles. The van der Waals surface area contributed by atoms with E-state index in [9.17, 15) is 22.8 Å². The summed E-state index contributed by atoms with van der Waals surface area (Å²) in [4.78, 5) is 29.7. The zero-order valence-electron chi connectivity index (χ0n) is 19.5. The van der Waals surface area contributed by atoms with Crippen LogP contribution in [-0.2, 0) is 28.1 Å². The normalized spacial score (nSPS) is 15.6. The van der Waals surface area contributed by atoms with Gasteiger partial charge in [0.05, 0.1) is 11.6 Å². The molecule has 0 aliphatic heterocycles. The van der Waals surface area contributed by atoms with E-state index in [0.29, 0.717) is 29.8 Å². The van der Waals surface area contributed by atoms with Gasteiger partial charge in [0, 0.05) is 26.3 Å². The number of alkyl halides is 3. The maximum Gasteiger partial charge on any atom is 0.406 e. The predicted octanol–water partition coefficient (Wildman–Crippen LogP) is 4.15. The number of benzene rings is 1. The van der Waals surface area contributed by atoms with E-state index in [1.54, 1.807) is 0 Å². The Hall–Kier alpha value is -3.42. The molecule has 0 bridgehead atoms. The molecule has 2 amide bonds. The number of nitriles is 1. The van der Waals surface area contributed by atoms with Gasteiger partial charge in [-0.15, -0.1) is 0 Å². The van der Waals surface area contributed by atoms with Gasteiger partial charge in [0.25, 0.3) is 0 Å². The van der Waals surface area contributed by atoms with Crippen molar-refractivity contribution in [3.63, 3.8) is 0 Å². The maximum atomic E-state index is 13.1. The molecule has 3 rings (SSSR count). The van der Waals surface area contributed by atoms with Crippen LogP contribution >= 0.6 is 0 Å². The first kappa shape index (κ1) is 26.2. The number of nitrogens with one attached hydrogen (secondary N) is 1. The summed E-state index contributed by atoms with van der Waals surface area (Å²) in [7, 11) is 0. The SMILES string of the molecule is CC(=O)NC1(c2noc(CCC(=O)N(Cc3ccc(C#N)cc3)CC(F)(F)F)n2)CCCCCC1. The summed E-state index contributed by atoms with van der Waals surface area (Å²) in [5, 5.41) is 15.9. The van der Waals surface area contributed by atoms with E-state index in [4.69, 9.17) is 9.78 Å². The summed E-state index contributed by atoms with van der Waals surface area (Å²) < 4.78 is 44.7. The van der Waals surface area contributed by atoms with Crippen LogP contribution in [-0.4, -0.2) is 39.6 Å². The Bertz CT molecular complexity index is 1050. The molecule has 11 heteroatoms. The summed E-state index contributed by atoms with van der Waals surface area (Å²) in [6.45, 7) is -0.216. The molecule has 1 saturated carbocycles. The number of rotatable bonds is 8. The lowest BCUT2D eigenvalue weighted by atomic mass is 9.89. The minimum Gasteiger partial charge on any atom is -0.343 e. The molecule has 2 aromatic rings. The quantitative estimate of drug-likeness (QED) is 0.555. The first-order valence-electron chi connectivity index (χ1n) is 11.6. The van der Waals surface area contributed by atoms with Crippen LogP contribution in [0.3, 0.4) is 0 Å². The van der Waals surface area contributed by atoms with E-state index >= 15 is 0 Å². The largest absolute Gasteiger partial charge is 0.406 e. The van der Waals surface area contributed by atoms with Crippen molar-refractivity contribution in [3.8, 4) is 6.07 Å². The fourth-order valence-corrected chi connectivity index (χ4v) is 4.35. The molecular formula is C24H28F3N5O3. The fourth-order valence-electron chi connectivity index (χ4n) is 4.35. The van der Waals surface area contributed by atoms with Crippen LogP contribution < -0.4 is 5.32 Å². The summed E-state index contributed by atoms with van der Waals surface area (Å²) in [5.41, 5.74) is 0.110. The van der Waals surface area contributed by atoms with E-state index < -0.39 is 24.2 Å². The third kappa shape index (κ3) is 7.53. The Morgan fingerprint density at radius 3 is 2.40 bits per heavy atom. The predicted molar refractivity (Wildman–Crippen MR) is 118 cm³/mol. The second-order valence-electron chi connectivity index (χ2n) is 8.86. The Labute approximate surface area is 201 Å². The number of carbonyl (C=O) groups is 2. The van der Waals surface area contributed by atoms with Crippen LogP contribution in [0.25, 0.3) is 0 Å². The molecule has 1 aliphatic rings. The molecule has 1 aromatic carbocycles. The third-order valence-electron chi connectivity index (χ3n) is 6.00. The lowest BCUT2D eigenvalue weighted by molar-refractivity contribution is -0.162. The van der Waals surface area contributed by atoms with Crippen LogP contribution in [0.5, 0.6) is 0 Å². The Kier molecular flexibility index (Phi) is 8.48. The van der Waals surface area contributed by atoms with Crippen molar-refractivity contribution >= 4 is 11.8 Å². The van der Waals surface area contributed by atoms with Crippen molar-refractivity contribution in [1.29, 1.82) is 5.26 Å². The second kappa shape index (κ2) is 11.3. The standard InChI is InChI=1S/C24H28F3N5O3/c1-17(33)30-23(12-4-2-3-5-13-23)22-29-20(35-31-22)10-11-21(34)32(16-24(25,26)27)15-19-8-6-18(14-28)7-9-19/h6-9H,2-5,10-13,15-16H2,1H3,(H,30,33). The molecule has 188 valence electrons. The molecule has 0 atom stereocenters. The Balaban J connectivity index is 1.69. The van der Waals surface area contributed by atoms with E-state index in [2.05, 4.69) is 15.5 Å². The van der Waals surface area contributed by atoms with Crippen molar-refractivity contribution in [3.05, 3.63) is 47.1 Å². The topological polar surface area (TPSA) is 112 Å². The van der Waals surface area contributed by atoms with Gasteiger partial charge < -0.3 is 14.7 Å². The number of hydrogen-bond acceptors (Lipinski definition) is 6. The lowest BCUT2D eigenvalue weighted by Crippen LogP contribution is -2.45. The molecule has 0 unspecified atom stereocenters. The molecular weight excluding hydrogens is 463 g/mol. The molecule has 1 aliphatic carbocycles. The molecule has 1 N–H and O–H groups in total. The maximum absolute atomic E-state index is 13.1. The molecule has 0 saturated heterocycles. The van der Waals surface area contributed by atoms with Gasteiger partial charge in [-0.3, -0.25) is 9.59 Å². The van der Waals surface area contributed by atoms with Gasteiger partial charge in [0.15, 0.2) is 5.82 Å². The minimum atomic E-state index is -4.57. The van der Waals surface area contributed by atoms with Crippen molar-refractivity contribution in [2.24, 2.45) is 0 Å². The van der Waals surface area contributed by atoms with Crippen molar-refractivity contribution in [2.45, 2.75) is 76.6 Å². The zero-order valence-corrected chi connectivity index (χ0v) is 19.5. The highest BCUT2D eigenvalue weighted by Crippen LogP contribution is 2.34. The van der Waals surface area contributed by atoms with Crippen molar-refractivity contribution in [1.82, 2.24) is 20.4 Å². The molecule has 0 spiro atoms. The van der Waals surface area contributed by atoms with E-state index in [1.807, 2.05) is 6.07 Å². The average molecular weight is 492 g/mol. The molecule has 1 fully saturated rings. The summed E-state index contributed by atoms with van der Waals surface area (Å²) in [6.07, 6.45) is 0.344. The molecule has 8 nitrogen and oxygen atoms in total. The van der Waals surface area contributed by atoms with Crippen LogP contribution in [0.15, 0.2) is 28.8 Å².